The number of rotatable bonds is 1. The normalized spacial score (nSPS) is 24.1. The van der Waals surface area contributed by atoms with Gasteiger partial charge in [0.1, 0.15) is 0 Å². The SMILES string of the molecule is CC1CC(C)N(C(=O)c2cc(N)ccc2Br)C1. The Labute approximate surface area is 110 Å². The van der Waals surface area contributed by atoms with Crippen LogP contribution in [0.2, 0.25) is 0 Å². The Bertz CT molecular complexity index is 447. The number of hydrogen-bond donors (Lipinski definition) is 1. The van der Waals surface area contributed by atoms with Crippen molar-refractivity contribution >= 4 is 27.5 Å². The van der Waals surface area contributed by atoms with Crippen LogP contribution in [0.3, 0.4) is 0 Å². The summed E-state index contributed by atoms with van der Waals surface area (Å²) in [5.74, 6) is 0.648. The number of nitrogen functional groups attached to an aromatic ring is 1. The molecule has 1 aliphatic heterocycles. The number of anilines is 1. The molecule has 92 valence electrons. The number of carbonyl (C=O) groups is 1. The fourth-order valence-electron chi connectivity index (χ4n) is 2.44. The van der Waals surface area contributed by atoms with Crippen LogP contribution in [-0.4, -0.2) is 23.4 Å². The lowest BCUT2D eigenvalue weighted by Gasteiger charge is -2.22. The first-order valence-electron chi connectivity index (χ1n) is 5.85. The van der Waals surface area contributed by atoms with E-state index in [-0.39, 0.29) is 5.91 Å². The van der Waals surface area contributed by atoms with Crippen LogP contribution in [0.1, 0.15) is 30.6 Å². The van der Waals surface area contributed by atoms with Gasteiger partial charge in [-0.25, -0.2) is 0 Å². The van der Waals surface area contributed by atoms with Crippen LogP contribution in [0.4, 0.5) is 5.69 Å². The number of amides is 1. The molecule has 2 rings (SSSR count). The Morgan fingerprint density at radius 2 is 2.18 bits per heavy atom. The van der Waals surface area contributed by atoms with E-state index in [4.69, 9.17) is 5.73 Å². The van der Waals surface area contributed by atoms with Crippen LogP contribution >= 0.6 is 15.9 Å². The molecule has 0 saturated carbocycles. The third-order valence-electron chi connectivity index (χ3n) is 3.27. The molecule has 0 aromatic heterocycles. The van der Waals surface area contributed by atoms with Crippen molar-refractivity contribution in [3.05, 3.63) is 28.2 Å². The first-order chi connectivity index (χ1) is 7.99. The molecule has 2 atom stereocenters. The van der Waals surface area contributed by atoms with E-state index in [1.807, 2.05) is 11.0 Å². The molecule has 1 fully saturated rings. The zero-order chi connectivity index (χ0) is 12.6. The van der Waals surface area contributed by atoms with Crippen molar-refractivity contribution in [3.63, 3.8) is 0 Å². The zero-order valence-corrected chi connectivity index (χ0v) is 11.7. The third kappa shape index (κ3) is 2.46. The average Bonchev–Trinajstić information content (AvgIpc) is 2.60. The van der Waals surface area contributed by atoms with Crippen LogP contribution < -0.4 is 5.73 Å². The molecule has 0 aliphatic carbocycles. The molecule has 3 nitrogen and oxygen atoms in total. The highest BCUT2D eigenvalue weighted by atomic mass is 79.9. The van der Waals surface area contributed by atoms with Crippen LogP contribution in [0.25, 0.3) is 0 Å². The fraction of sp³-hybridized carbons (Fsp3) is 0.462. The zero-order valence-electron chi connectivity index (χ0n) is 10.1. The van der Waals surface area contributed by atoms with Gasteiger partial charge in [-0.15, -0.1) is 0 Å². The van der Waals surface area contributed by atoms with Gasteiger partial charge in [0.05, 0.1) is 5.56 Å². The average molecular weight is 297 g/mol. The highest BCUT2D eigenvalue weighted by molar-refractivity contribution is 9.10. The van der Waals surface area contributed by atoms with Crippen LogP contribution in [0.5, 0.6) is 0 Å². The molecule has 17 heavy (non-hydrogen) atoms. The van der Waals surface area contributed by atoms with E-state index in [1.54, 1.807) is 12.1 Å². The molecule has 1 aliphatic rings. The van der Waals surface area contributed by atoms with Gasteiger partial charge in [-0.2, -0.15) is 0 Å². The van der Waals surface area contributed by atoms with E-state index in [9.17, 15) is 4.79 Å². The van der Waals surface area contributed by atoms with Crippen molar-refractivity contribution in [2.45, 2.75) is 26.3 Å². The van der Waals surface area contributed by atoms with E-state index in [0.29, 0.717) is 23.2 Å². The number of likely N-dealkylation sites (tertiary alicyclic amines) is 1. The minimum absolute atomic E-state index is 0.0704. The lowest BCUT2D eigenvalue weighted by molar-refractivity contribution is 0.0743. The Morgan fingerprint density at radius 3 is 2.76 bits per heavy atom. The van der Waals surface area contributed by atoms with Gasteiger partial charge >= 0.3 is 0 Å². The molecule has 1 saturated heterocycles. The van der Waals surface area contributed by atoms with Crippen molar-refractivity contribution in [3.8, 4) is 0 Å². The maximum absolute atomic E-state index is 12.4. The Hall–Kier alpha value is -1.03. The molecular formula is C13H17BrN2O. The first kappa shape index (κ1) is 12.4. The minimum atomic E-state index is 0.0704. The number of hydrogen-bond acceptors (Lipinski definition) is 2. The number of benzene rings is 1. The van der Waals surface area contributed by atoms with Gasteiger partial charge in [0.2, 0.25) is 0 Å². The largest absolute Gasteiger partial charge is 0.399 e. The molecule has 0 spiro atoms. The van der Waals surface area contributed by atoms with Gasteiger partial charge < -0.3 is 10.6 Å². The highest BCUT2D eigenvalue weighted by Crippen LogP contribution is 2.27. The number of nitrogens with two attached hydrogens (primary N) is 1. The van der Waals surface area contributed by atoms with Crippen LogP contribution in [-0.2, 0) is 0 Å². The van der Waals surface area contributed by atoms with Crippen molar-refractivity contribution in [1.29, 1.82) is 0 Å². The van der Waals surface area contributed by atoms with Crippen LogP contribution in [0.15, 0.2) is 22.7 Å². The fourth-order valence-corrected chi connectivity index (χ4v) is 2.86. The highest BCUT2D eigenvalue weighted by Gasteiger charge is 2.31. The molecule has 2 N–H and O–H groups in total. The second kappa shape index (κ2) is 4.69. The molecule has 1 heterocycles. The van der Waals surface area contributed by atoms with E-state index in [1.165, 1.54) is 0 Å². The van der Waals surface area contributed by atoms with Gasteiger partial charge in [0.25, 0.3) is 5.91 Å². The van der Waals surface area contributed by atoms with E-state index >= 15 is 0 Å². The Balaban J connectivity index is 2.28. The van der Waals surface area contributed by atoms with E-state index in [2.05, 4.69) is 29.8 Å². The van der Waals surface area contributed by atoms with Crippen molar-refractivity contribution in [1.82, 2.24) is 4.90 Å². The van der Waals surface area contributed by atoms with Crippen molar-refractivity contribution in [2.75, 3.05) is 12.3 Å². The number of nitrogens with zero attached hydrogens (tertiary/aromatic N) is 1. The summed E-state index contributed by atoms with van der Waals surface area (Å²) >= 11 is 3.41. The summed E-state index contributed by atoms with van der Waals surface area (Å²) < 4.78 is 0.809. The second-order valence-electron chi connectivity index (χ2n) is 4.89. The number of carbonyl (C=O) groups excluding carboxylic acids is 1. The molecule has 0 bridgehead atoms. The van der Waals surface area contributed by atoms with Gasteiger partial charge in [-0.3, -0.25) is 4.79 Å². The van der Waals surface area contributed by atoms with E-state index < -0.39 is 0 Å². The van der Waals surface area contributed by atoms with Crippen molar-refractivity contribution < 1.29 is 4.79 Å². The number of halogens is 1. The summed E-state index contributed by atoms with van der Waals surface area (Å²) in [5, 5.41) is 0. The van der Waals surface area contributed by atoms with E-state index in [0.717, 1.165) is 17.4 Å². The summed E-state index contributed by atoms with van der Waals surface area (Å²) in [5.41, 5.74) is 7.01. The summed E-state index contributed by atoms with van der Waals surface area (Å²) in [7, 11) is 0. The van der Waals surface area contributed by atoms with Crippen molar-refractivity contribution in [2.24, 2.45) is 5.92 Å². The quantitative estimate of drug-likeness (QED) is 0.810. The Morgan fingerprint density at radius 1 is 1.47 bits per heavy atom. The summed E-state index contributed by atoms with van der Waals surface area (Å²) in [6, 6.07) is 5.66. The van der Waals surface area contributed by atoms with Gasteiger partial charge in [-0.1, -0.05) is 6.92 Å². The van der Waals surface area contributed by atoms with Gasteiger partial charge in [0, 0.05) is 22.7 Å². The van der Waals surface area contributed by atoms with Crippen LogP contribution in [0, 0.1) is 5.92 Å². The topological polar surface area (TPSA) is 46.3 Å². The summed E-state index contributed by atoms with van der Waals surface area (Å²) in [6.07, 6.45) is 1.08. The van der Waals surface area contributed by atoms with Gasteiger partial charge in [-0.05, 0) is 53.4 Å². The third-order valence-corrected chi connectivity index (χ3v) is 3.96. The predicted molar refractivity (Wildman–Crippen MR) is 72.8 cm³/mol. The summed E-state index contributed by atoms with van der Waals surface area (Å²) in [4.78, 5) is 14.4. The standard InChI is InChI=1S/C13H17BrN2O/c1-8-5-9(2)16(7-8)13(17)11-6-10(15)3-4-12(11)14/h3-4,6,8-9H,5,7,15H2,1-2H3. The molecule has 4 heteroatoms. The second-order valence-corrected chi connectivity index (χ2v) is 5.74. The maximum Gasteiger partial charge on any atom is 0.255 e. The molecule has 0 radical (unpaired) electrons. The maximum atomic E-state index is 12.4. The molecule has 2 unspecified atom stereocenters. The smallest absolute Gasteiger partial charge is 0.255 e. The Kier molecular flexibility index (Phi) is 3.43. The van der Waals surface area contributed by atoms with Gasteiger partial charge in [0.15, 0.2) is 0 Å². The molecule has 1 aromatic carbocycles. The first-order valence-corrected chi connectivity index (χ1v) is 6.64. The molecule has 1 amide bonds. The molecule has 1 aromatic rings. The lowest BCUT2D eigenvalue weighted by atomic mass is 10.1. The minimum Gasteiger partial charge on any atom is -0.399 e. The lowest BCUT2D eigenvalue weighted by Crippen LogP contribution is -2.34. The molecular weight excluding hydrogens is 280 g/mol. The summed E-state index contributed by atoms with van der Waals surface area (Å²) in [6.45, 7) is 5.11. The monoisotopic (exact) mass is 296 g/mol. The predicted octanol–water partition coefficient (Wildman–Crippen LogP) is 2.90.